The normalized spacial score (nSPS) is 26.0. The fourth-order valence-corrected chi connectivity index (χ4v) is 3.06. The summed E-state index contributed by atoms with van der Waals surface area (Å²) in [6.07, 6.45) is 2.41. The Bertz CT molecular complexity index is 619. The number of nitrogens with zero attached hydrogens (tertiary/aromatic N) is 1. The highest BCUT2D eigenvalue weighted by Crippen LogP contribution is 2.26. The SMILES string of the molecule is CC1CC(Oc2cc(CN)c3ccccc3n2)CC(C)O1. The molecule has 3 rings (SSSR count). The second-order valence-corrected chi connectivity index (χ2v) is 5.81. The van der Waals surface area contributed by atoms with Crippen molar-refractivity contribution in [3.8, 4) is 5.88 Å². The number of nitrogens with two attached hydrogens (primary N) is 1. The second kappa shape index (κ2) is 6.00. The molecule has 2 aromatic rings. The van der Waals surface area contributed by atoms with E-state index in [1.54, 1.807) is 0 Å². The highest BCUT2D eigenvalue weighted by atomic mass is 16.5. The highest BCUT2D eigenvalue weighted by Gasteiger charge is 2.26. The van der Waals surface area contributed by atoms with Gasteiger partial charge in [0.05, 0.1) is 17.7 Å². The van der Waals surface area contributed by atoms with Gasteiger partial charge < -0.3 is 15.2 Å². The molecule has 0 aliphatic carbocycles. The Hall–Kier alpha value is -1.65. The van der Waals surface area contributed by atoms with Crippen LogP contribution in [0, 0.1) is 0 Å². The maximum atomic E-state index is 6.10. The summed E-state index contributed by atoms with van der Waals surface area (Å²) in [7, 11) is 0. The molecule has 2 atom stereocenters. The number of rotatable bonds is 3. The van der Waals surface area contributed by atoms with Crippen molar-refractivity contribution in [3.05, 3.63) is 35.9 Å². The van der Waals surface area contributed by atoms with Crippen molar-refractivity contribution in [2.75, 3.05) is 0 Å². The number of aromatic nitrogens is 1. The van der Waals surface area contributed by atoms with Crippen LogP contribution >= 0.6 is 0 Å². The lowest BCUT2D eigenvalue weighted by molar-refractivity contribution is -0.0729. The van der Waals surface area contributed by atoms with Crippen molar-refractivity contribution in [2.24, 2.45) is 5.73 Å². The molecule has 0 bridgehead atoms. The largest absolute Gasteiger partial charge is 0.474 e. The van der Waals surface area contributed by atoms with Gasteiger partial charge >= 0.3 is 0 Å². The number of ether oxygens (including phenoxy) is 2. The van der Waals surface area contributed by atoms with Crippen LogP contribution < -0.4 is 10.5 Å². The van der Waals surface area contributed by atoms with Crippen LogP contribution in [0.15, 0.2) is 30.3 Å². The van der Waals surface area contributed by atoms with Gasteiger partial charge in [0.2, 0.25) is 5.88 Å². The molecular formula is C17H22N2O2. The Morgan fingerprint density at radius 3 is 2.67 bits per heavy atom. The van der Waals surface area contributed by atoms with Gasteiger partial charge in [0.25, 0.3) is 0 Å². The van der Waals surface area contributed by atoms with E-state index in [4.69, 9.17) is 15.2 Å². The Kier molecular flexibility index (Phi) is 4.08. The molecule has 1 fully saturated rings. The summed E-state index contributed by atoms with van der Waals surface area (Å²) >= 11 is 0. The number of hydrogen-bond donors (Lipinski definition) is 1. The van der Waals surface area contributed by atoms with Crippen LogP contribution in [0.3, 0.4) is 0 Å². The molecule has 1 aliphatic heterocycles. The van der Waals surface area contributed by atoms with Crippen molar-refractivity contribution in [1.29, 1.82) is 0 Å². The van der Waals surface area contributed by atoms with Crippen molar-refractivity contribution >= 4 is 10.9 Å². The molecular weight excluding hydrogens is 264 g/mol. The topological polar surface area (TPSA) is 57.4 Å². The lowest BCUT2D eigenvalue weighted by Crippen LogP contribution is -2.35. The van der Waals surface area contributed by atoms with Crippen LogP contribution in [0.25, 0.3) is 10.9 Å². The molecule has 1 aromatic carbocycles. The summed E-state index contributed by atoms with van der Waals surface area (Å²) in [6, 6.07) is 10.0. The molecule has 1 aromatic heterocycles. The average molecular weight is 286 g/mol. The van der Waals surface area contributed by atoms with E-state index < -0.39 is 0 Å². The van der Waals surface area contributed by atoms with Crippen molar-refractivity contribution in [3.63, 3.8) is 0 Å². The quantitative estimate of drug-likeness (QED) is 0.942. The summed E-state index contributed by atoms with van der Waals surface area (Å²) < 4.78 is 11.8. The third-order valence-corrected chi connectivity index (χ3v) is 3.94. The first-order valence-corrected chi connectivity index (χ1v) is 7.56. The van der Waals surface area contributed by atoms with Gasteiger partial charge in [-0.3, -0.25) is 0 Å². The average Bonchev–Trinajstić information content (AvgIpc) is 2.45. The van der Waals surface area contributed by atoms with Gasteiger partial charge in [0.1, 0.15) is 6.10 Å². The van der Waals surface area contributed by atoms with Gasteiger partial charge in [-0.15, -0.1) is 0 Å². The molecule has 0 saturated carbocycles. The van der Waals surface area contributed by atoms with Gasteiger partial charge in [0.15, 0.2) is 0 Å². The van der Waals surface area contributed by atoms with E-state index in [1.165, 1.54) is 0 Å². The van der Waals surface area contributed by atoms with Crippen LogP contribution in [-0.2, 0) is 11.3 Å². The van der Waals surface area contributed by atoms with Gasteiger partial charge in [-0.05, 0) is 25.5 Å². The first-order chi connectivity index (χ1) is 10.2. The minimum absolute atomic E-state index is 0.156. The number of para-hydroxylation sites is 1. The Balaban J connectivity index is 1.87. The van der Waals surface area contributed by atoms with Gasteiger partial charge in [-0.1, -0.05) is 18.2 Å². The number of benzene rings is 1. The molecule has 4 heteroatoms. The van der Waals surface area contributed by atoms with Crippen LogP contribution in [-0.4, -0.2) is 23.3 Å². The maximum Gasteiger partial charge on any atom is 0.214 e. The standard InChI is InChI=1S/C17H22N2O2/c1-11-7-14(8-12(2)20-11)21-17-9-13(10-18)15-5-3-4-6-16(15)19-17/h3-6,9,11-12,14H,7-8,10,18H2,1-2H3. The summed E-state index contributed by atoms with van der Waals surface area (Å²) in [6.45, 7) is 4.66. The summed E-state index contributed by atoms with van der Waals surface area (Å²) in [5.74, 6) is 0.667. The lowest BCUT2D eigenvalue weighted by Gasteiger charge is -2.32. The van der Waals surface area contributed by atoms with Gasteiger partial charge in [0, 0.05) is 30.8 Å². The number of hydrogen-bond acceptors (Lipinski definition) is 4. The molecule has 2 N–H and O–H groups in total. The first-order valence-electron chi connectivity index (χ1n) is 7.56. The van der Waals surface area contributed by atoms with Crippen molar-refractivity contribution in [1.82, 2.24) is 4.98 Å². The molecule has 0 radical (unpaired) electrons. The molecule has 0 amide bonds. The van der Waals surface area contributed by atoms with E-state index in [-0.39, 0.29) is 18.3 Å². The first kappa shape index (κ1) is 14.3. The van der Waals surface area contributed by atoms with Gasteiger partial charge in [-0.25, -0.2) is 4.98 Å². The molecule has 4 nitrogen and oxygen atoms in total. The zero-order valence-corrected chi connectivity index (χ0v) is 12.6. The van der Waals surface area contributed by atoms with E-state index in [0.29, 0.717) is 12.4 Å². The van der Waals surface area contributed by atoms with E-state index in [1.807, 2.05) is 30.3 Å². The predicted molar refractivity (Wildman–Crippen MR) is 83.3 cm³/mol. The highest BCUT2D eigenvalue weighted by molar-refractivity contribution is 5.82. The van der Waals surface area contributed by atoms with Crippen molar-refractivity contribution < 1.29 is 9.47 Å². The predicted octanol–water partition coefficient (Wildman–Crippen LogP) is 3.03. The maximum absolute atomic E-state index is 6.10. The molecule has 112 valence electrons. The summed E-state index contributed by atoms with van der Waals surface area (Å²) in [5, 5.41) is 1.10. The van der Waals surface area contributed by atoms with Crippen LogP contribution in [0.4, 0.5) is 0 Å². The van der Waals surface area contributed by atoms with E-state index >= 15 is 0 Å². The number of pyridine rings is 1. The number of fused-ring (bicyclic) bond motifs is 1. The van der Waals surface area contributed by atoms with Crippen LogP contribution in [0.2, 0.25) is 0 Å². The third-order valence-electron chi connectivity index (χ3n) is 3.94. The van der Waals surface area contributed by atoms with E-state index in [0.717, 1.165) is 29.3 Å². The molecule has 2 unspecified atom stereocenters. The molecule has 21 heavy (non-hydrogen) atoms. The zero-order chi connectivity index (χ0) is 14.8. The van der Waals surface area contributed by atoms with E-state index in [2.05, 4.69) is 18.8 Å². The molecule has 1 saturated heterocycles. The van der Waals surface area contributed by atoms with Crippen LogP contribution in [0.5, 0.6) is 5.88 Å². The second-order valence-electron chi connectivity index (χ2n) is 5.81. The minimum atomic E-state index is 0.156. The van der Waals surface area contributed by atoms with Crippen molar-refractivity contribution in [2.45, 2.75) is 51.5 Å². The third kappa shape index (κ3) is 3.17. The van der Waals surface area contributed by atoms with Gasteiger partial charge in [-0.2, -0.15) is 0 Å². The van der Waals surface area contributed by atoms with E-state index in [9.17, 15) is 0 Å². The Morgan fingerprint density at radius 2 is 1.95 bits per heavy atom. The smallest absolute Gasteiger partial charge is 0.214 e. The fourth-order valence-electron chi connectivity index (χ4n) is 3.06. The molecule has 0 spiro atoms. The Morgan fingerprint density at radius 1 is 1.24 bits per heavy atom. The lowest BCUT2D eigenvalue weighted by atomic mass is 10.0. The zero-order valence-electron chi connectivity index (χ0n) is 12.6. The molecule has 1 aliphatic rings. The fraction of sp³-hybridized carbons (Fsp3) is 0.471. The molecule has 2 heterocycles. The van der Waals surface area contributed by atoms with Crippen LogP contribution in [0.1, 0.15) is 32.3 Å². The minimum Gasteiger partial charge on any atom is -0.474 e. The monoisotopic (exact) mass is 286 g/mol. The Labute approximate surface area is 125 Å². The summed E-state index contributed by atoms with van der Waals surface area (Å²) in [5.41, 5.74) is 7.87. The summed E-state index contributed by atoms with van der Waals surface area (Å²) in [4.78, 5) is 4.61.